The van der Waals surface area contributed by atoms with E-state index >= 15 is 0 Å². The van der Waals surface area contributed by atoms with Crippen LogP contribution in [0.5, 0.6) is 0 Å². The fourth-order valence-corrected chi connectivity index (χ4v) is 3.33. The molecule has 0 aliphatic heterocycles. The van der Waals surface area contributed by atoms with Gasteiger partial charge in [-0.1, -0.05) is 6.92 Å². The molecule has 0 radical (unpaired) electrons. The first kappa shape index (κ1) is 8.27. The van der Waals surface area contributed by atoms with Gasteiger partial charge in [-0.05, 0) is 36.3 Å². The van der Waals surface area contributed by atoms with Crippen LogP contribution in [-0.2, 0) is 5.41 Å². The third-order valence-electron chi connectivity index (χ3n) is 3.13. The Morgan fingerprint density at radius 3 is 2.75 bits per heavy atom. The lowest BCUT2D eigenvalue weighted by atomic mass is 9.99. The van der Waals surface area contributed by atoms with Crippen molar-refractivity contribution in [2.24, 2.45) is 11.7 Å². The van der Waals surface area contributed by atoms with Crippen LogP contribution in [0.1, 0.15) is 23.8 Å². The van der Waals surface area contributed by atoms with E-state index in [0.717, 1.165) is 12.5 Å². The van der Waals surface area contributed by atoms with Gasteiger partial charge in [-0.2, -0.15) is 0 Å². The SMILES string of the molecule is Cc1ccsc1C1(CN)CC1C. The Bertz CT molecular complexity index is 288. The molecule has 1 heterocycles. The van der Waals surface area contributed by atoms with Gasteiger partial charge in [0.2, 0.25) is 0 Å². The summed E-state index contributed by atoms with van der Waals surface area (Å²) in [6.45, 7) is 5.30. The maximum absolute atomic E-state index is 5.83. The van der Waals surface area contributed by atoms with Crippen molar-refractivity contribution >= 4 is 11.3 Å². The lowest BCUT2D eigenvalue weighted by molar-refractivity contribution is 0.650. The van der Waals surface area contributed by atoms with Crippen molar-refractivity contribution in [1.29, 1.82) is 0 Å². The average molecular weight is 181 g/mol. The highest BCUT2D eigenvalue weighted by atomic mass is 32.1. The molecule has 2 heteroatoms. The molecule has 2 N–H and O–H groups in total. The van der Waals surface area contributed by atoms with E-state index in [1.807, 2.05) is 11.3 Å². The number of hydrogen-bond acceptors (Lipinski definition) is 2. The van der Waals surface area contributed by atoms with Crippen LogP contribution in [0.15, 0.2) is 11.4 Å². The van der Waals surface area contributed by atoms with Crippen LogP contribution < -0.4 is 5.73 Å². The van der Waals surface area contributed by atoms with Crippen LogP contribution in [-0.4, -0.2) is 6.54 Å². The number of thiophene rings is 1. The first-order valence-electron chi connectivity index (χ1n) is 4.45. The molecular weight excluding hydrogens is 166 g/mol. The Morgan fingerprint density at radius 2 is 2.42 bits per heavy atom. The molecule has 1 aliphatic rings. The topological polar surface area (TPSA) is 26.0 Å². The largest absolute Gasteiger partial charge is 0.330 e. The van der Waals surface area contributed by atoms with Crippen LogP contribution in [0, 0.1) is 12.8 Å². The van der Waals surface area contributed by atoms with E-state index in [1.165, 1.54) is 16.9 Å². The maximum atomic E-state index is 5.83. The zero-order valence-corrected chi connectivity index (χ0v) is 8.45. The molecule has 2 unspecified atom stereocenters. The predicted molar refractivity (Wildman–Crippen MR) is 53.6 cm³/mol. The van der Waals surface area contributed by atoms with E-state index in [9.17, 15) is 0 Å². The summed E-state index contributed by atoms with van der Waals surface area (Å²) >= 11 is 1.87. The third-order valence-corrected chi connectivity index (χ3v) is 4.37. The van der Waals surface area contributed by atoms with Crippen LogP contribution in [0.2, 0.25) is 0 Å². The number of aryl methyl sites for hydroxylation is 1. The van der Waals surface area contributed by atoms with E-state index in [4.69, 9.17) is 5.73 Å². The molecule has 0 bridgehead atoms. The monoisotopic (exact) mass is 181 g/mol. The van der Waals surface area contributed by atoms with Crippen molar-refractivity contribution in [2.75, 3.05) is 6.54 Å². The van der Waals surface area contributed by atoms with Gasteiger partial charge >= 0.3 is 0 Å². The van der Waals surface area contributed by atoms with Gasteiger partial charge in [0, 0.05) is 16.8 Å². The smallest absolute Gasteiger partial charge is 0.0201 e. The van der Waals surface area contributed by atoms with Crippen LogP contribution in [0.25, 0.3) is 0 Å². The highest BCUT2D eigenvalue weighted by Gasteiger charge is 2.52. The molecule has 1 aliphatic carbocycles. The molecule has 0 aromatic carbocycles. The lowest BCUT2D eigenvalue weighted by Crippen LogP contribution is -2.21. The van der Waals surface area contributed by atoms with Crippen LogP contribution in [0.3, 0.4) is 0 Å². The van der Waals surface area contributed by atoms with Gasteiger partial charge in [0.25, 0.3) is 0 Å². The van der Waals surface area contributed by atoms with Gasteiger partial charge in [0.15, 0.2) is 0 Å². The fraction of sp³-hybridized carbons (Fsp3) is 0.600. The number of nitrogens with two attached hydrogens (primary N) is 1. The first-order chi connectivity index (χ1) is 5.70. The van der Waals surface area contributed by atoms with E-state index in [1.54, 1.807) is 0 Å². The summed E-state index contributed by atoms with van der Waals surface area (Å²) in [4.78, 5) is 1.53. The van der Waals surface area contributed by atoms with E-state index in [2.05, 4.69) is 25.3 Å². The molecule has 0 saturated heterocycles. The second kappa shape index (κ2) is 2.57. The minimum Gasteiger partial charge on any atom is -0.330 e. The van der Waals surface area contributed by atoms with Crippen molar-refractivity contribution in [3.05, 3.63) is 21.9 Å². The zero-order valence-electron chi connectivity index (χ0n) is 7.63. The summed E-state index contributed by atoms with van der Waals surface area (Å²) < 4.78 is 0. The summed E-state index contributed by atoms with van der Waals surface area (Å²) in [7, 11) is 0. The summed E-state index contributed by atoms with van der Waals surface area (Å²) in [6, 6.07) is 2.20. The highest BCUT2D eigenvalue weighted by Crippen LogP contribution is 2.55. The lowest BCUT2D eigenvalue weighted by Gasteiger charge is -2.12. The van der Waals surface area contributed by atoms with Crippen molar-refractivity contribution < 1.29 is 0 Å². The van der Waals surface area contributed by atoms with Gasteiger partial charge in [-0.3, -0.25) is 0 Å². The molecule has 0 spiro atoms. The van der Waals surface area contributed by atoms with E-state index in [0.29, 0.717) is 5.41 Å². The molecule has 0 amide bonds. The summed E-state index contributed by atoms with van der Waals surface area (Å²) in [6.07, 6.45) is 1.28. The minimum absolute atomic E-state index is 0.359. The van der Waals surface area contributed by atoms with Crippen molar-refractivity contribution in [2.45, 2.75) is 25.7 Å². The molecule has 1 aromatic rings. The van der Waals surface area contributed by atoms with E-state index in [-0.39, 0.29) is 0 Å². The first-order valence-corrected chi connectivity index (χ1v) is 5.33. The number of hydrogen-bond donors (Lipinski definition) is 1. The predicted octanol–water partition coefficient (Wildman–Crippen LogP) is 2.29. The Kier molecular flexibility index (Phi) is 1.77. The Balaban J connectivity index is 2.36. The number of rotatable bonds is 2. The van der Waals surface area contributed by atoms with Crippen molar-refractivity contribution in [3.8, 4) is 0 Å². The second-order valence-corrected chi connectivity index (χ2v) is 4.81. The Morgan fingerprint density at radius 1 is 1.75 bits per heavy atom. The van der Waals surface area contributed by atoms with Gasteiger partial charge in [-0.25, -0.2) is 0 Å². The maximum Gasteiger partial charge on any atom is 0.0201 e. The van der Waals surface area contributed by atoms with Crippen LogP contribution >= 0.6 is 11.3 Å². The Hall–Kier alpha value is -0.340. The standard InChI is InChI=1S/C10H15NS/c1-7-3-4-12-9(7)10(6-11)5-8(10)2/h3-4,8H,5-6,11H2,1-2H3. The zero-order chi connectivity index (χ0) is 8.77. The molecule has 1 aromatic heterocycles. The summed E-state index contributed by atoms with van der Waals surface area (Å²) in [5.74, 6) is 0.792. The molecule has 66 valence electrons. The van der Waals surface area contributed by atoms with Gasteiger partial charge in [0.1, 0.15) is 0 Å². The molecular formula is C10H15NS. The molecule has 2 rings (SSSR count). The van der Waals surface area contributed by atoms with Gasteiger partial charge in [0.05, 0.1) is 0 Å². The quantitative estimate of drug-likeness (QED) is 0.744. The normalized spacial score (nSPS) is 33.8. The molecule has 1 fully saturated rings. The Labute approximate surface area is 77.6 Å². The summed E-state index contributed by atoms with van der Waals surface area (Å²) in [5.41, 5.74) is 7.61. The van der Waals surface area contributed by atoms with Crippen LogP contribution in [0.4, 0.5) is 0 Å². The highest BCUT2D eigenvalue weighted by molar-refractivity contribution is 7.10. The average Bonchev–Trinajstić information content (AvgIpc) is 2.50. The van der Waals surface area contributed by atoms with Crippen molar-refractivity contribution in [3.63, 3.8) is 0 Å². The molecule has 1 nitrogen and oxygen atoms in total. The summed E-state index contributed by atoms with van der Waals surface area (Å²) in [5, 5.41) is 2.17. The molecule has 1 saturated carbocycles. The second-order valence-electron chi connectivity index (χ2n) is 3.90. The minimum atomic E-state index is 0.359. The van der Waals surface area contributed by atoms with Crippen molar-refractivity contribution in [1.82, 2.24) is 0 Å². The molecule has 2 atom stereocenters. The van der Waals surface area contributed by atoms with Gasteiger partial charge in [-0.15, -0.1) is 11.3 Å². The van der Waals surface area contributed by atoms with E-state index < -0.39 is 0 Å². The fourth-order valence-electron chi connectivity index (χ4n) is 2.06. The molecule has 12 heavy (non-hydrogen) atoms. The van der Waals surface area contributed by atoms with Gasteiger partial charge < -0.3 is 5.73 Å². The third kappa shape index (κ3) is 0.947.